The van der Waals surface area contributed by atoms with Crippen LogP contribution in [0.2, 0.25) is 0 Å². The van der Waals surface area contributed by atoms with E-state index in [-0.39, 0.29) is 6.03 Å². The summed E-state index contributed by atoms with van der Waals surface area (Å²) in [6.45, 7) is 1.75. The van der Waals surface area contributed by atoms with E-state index < -0.39 is 12.7 Å². The fourth-order valence-electron chi connectivity index (χ4n) is 4.34. The number of fused-ring (bicyclic) bond motifs is 2. The second kappa shape index (κ2) is 6.87. The molecule has 0 aromatic carbocycles. The summed E-state index contributed by atoms with van der Waals surface area (Å²) in [6.07, 6.45) is 1.90. The van der Waals surface area contributed by atoms with Crippen LogP contribution >= 0.6 is 0 Å². The molecule has 2 atom stereocenters. The number of halogens is 3. The van der Waals surface area contributed by atoms with E-state index >= 15 is 0 Å². The number of hydrogen-bond acceptors (Lipinski definition) is 2. The van der Waals surface area contributed by atoms with Crippen LogP contribution in [0.3, 0.4) is 0 Å². The number of hydrogen-bond donors (Lipinski definition) is 1. The SMILES string of the molecule is O=C(NCCC1CCN(CC(F)(F)F)CC1)N1C[C@@H]2CC[C@H]1C2. The Balaban J connectivity index is 1.30. The van der Waals surface area contributed by atoms with Gasteiger partial charge in [0.1, 0.15) is 0 Å². The molecule has 2 bridgehead atoms. The first-order valence-electron chi connectivity index (χ1n) is 8.74. The molecule has 0 aromatic heterocycles. The van der Waals surface area contributed by atoms with Crippen molar-refractivity contribution >= 4 is 6.03 Å². The summed E-state index contributed by atoms with van der Waals surface area (Å²) in [6, 6.07) is 0.484. The van der Waals surface area contributed by atoms with Gasteiger partial charge in [-0.2, -0.15) is 13.2 Å². The van der Waals surface area contributed by atoms with Gasteiger partial charge in [-0.05, 0) is 63.5 Å². The van der Waals surface area contributed by atoms with Crippen LogP contribution in [0.4, 0.5) is 18.0 Å². The van der Waals surface area contributed by atoms with E-state index in [9.17, 15) is 18.0 Å². The average molecular weight is 333 g/mol. The number of nitrogens with one attached hydrogen (secondary N) is 1. The molecule has 4 nitrogen and oxygen atoms in total. The maximum atomic E-state index is 12.3. The fourth-order valence-corrected chi connectivity index (χ4v) is 4.34. The largest absolute Gasteiger partial charge is 0.401 e. The van der Waals surface area contributed by atoms with E-state index in [1.54, 1.807) is 0 Å². The Morgan fingerprint density at radius 3 is 2.43 bits per heavy atom. The summed E-state index contributed by atoms with van der Waals surface area (Å²) in [5.74, 6) is 1.12. The van der Waals surface area contributed by atoms with Gasteiger partial charge in [0.2, 0.25) is 0 Å². The van der Waals surface area contributed by atoms with Crippen molar-refractivity contribution in [3.05, 3.63) is 0 Å². The zero-order chi connectivity index (χ0) is 16.4. The highest BCUT2D eigenvalue weighted by Gasteiger charge is 2.40. The van der Waals surface area contributed by atoms with E-state index in [4.69, 9.17) is 0 Å². The Hall–Kier alpha value is -0.980. The van der Waals surface area contributed by atoms with Gasteiger partial charge in [0.15, 0.2) is 0 Å². The Morgan fingerprint density at radius 1 is 1.13 bits per heavy atom. The van der Waals surface area contributed by atoms with Crippen LogP contribution in [0.15, 0.2) is 0 Å². The summed E-state index contributed by atoms with van der Waals surface area (Å²) < 4.78 is 37.0. The minimum absolute atomic E-state index is 0.0479. The number of urea groups is 1. The van der Waals surface area contributed by atoms with Crippen molar-refractivity contribution in [1.82, 2.24) is 15.1 Å². The molecule has 2 heterocycles. The summed E-state index contributed by atoms with van der Waals surface area (Å²) in [7, 11) is 0. The Kier molecular flexibility index (Phi) is 5.04. The molecule has 132 valence electrons. The van der Waals surface area contributed by atoms with Crippen LogP contribution in [-0.4, -0.2) is 60.8 Å². The smallest absolute Gasteiger partial charge is 0.338 e. The molecule has 1 saturated carbocycles. The third kappa shape index (κ3) is 4.52. The average Bonchev–Trinajstić information content (AvgIpc) is 3.10. The van der Waals surface area contributed by atoms with Crippen LogP contribution in [0.1, 0.15) is 38.5 Å². The number of alkyl halides is 3. The number of carbonyl (C=O) groups excluding carboxylic acids is 1. The van der Waals surface area contributed by atoms with Crippen LogP contribution in [0.5, 0.6) is 0 Å². The molecule has 0 spiro atoms. The number of likely N-dealkylation sites (tertiary alicyclic amines) is 2. The first-order valence-corrected chi connectivity index (χ1v) is 8.74. The zero-order valence-corrected chi connectivity index (χ0v) is 13.4. The first kappa shape index (κ1) is 16.9. The topological polar surface area (TPSA) is 35.6 Å². The molecule has 2 aliphatic heterocycles. The van der Waals surface area contributed by atoms with Gasteiger partial charge in [-0.3, -0.25) is 4.90 Å². The lowest BCUT2D eigenvalue weighted by atomic mass is 9.93. The van der Waals surface area contributed by atoms with E-state index in [1.807, 2.05) is 4.90 Å². The third-order valence-electron chi connectivity index (χ3n) is 5.61. The van der Waals surface area contributed by atoms with Crippen molar-refractivity contribution in [2.45, 2.75) is 50.7 Å². The molecule has 2 amide bonds. The number of amides is 2. The zero-order valence-electron chi connectivity index (χ0n) is 13.4. The quantitative estimate of drug-likeness (QED) is 0.859. The third-order valence-corrected chi connectivity index (χ3v) is 5.61. The predicted octanol–water partition coefficient (Wildman–Crippen LogP) is 2.84. The molecule has 3 rings (SSSR count). The molecular formula is C16H26F3N3O. The fraction of sp³-hybridized carbons (Fsp3) is 0.938. The Morgan fingerprint density at radius 2 is 1.87 bits per heavy atom. The van der Waals surface area contributed by atoms with Gasteiger partial charge < -0.3 is 10.2 Å². The lowest BCUT2D eigenvalue weighted by Gasteiger charge is -2.32. The van der Waals surface area contributed by atoms with Crippen molar-refractivity contribution in [3.8, 4) is 0 Å². The number of carbonyl (C=O) groups is 1. The van der Waals surface area contributed by atoms with Crippen LogP contribution in [0, 0.1) is 11.8 Å². The molecule has 1 N–H and O–H groups in total. The lowest BCUT2D eigenvalue weighted by Crippen LogP contribution is -2.45. The lowest BCUT2D eigenvalue weighted by molar-refractivity contribution is -0.148. The Bertz CT molecular complexity index is 421. The van der Waals surface area contributed by atoms with Crippen molar-refractivity contribution in [1.29, 1.82) is 0 Å². The van der Waals surface area contributed by atoms with Gasteiger partial charge in [-0.1, -0.05) is 0 Å². The van der Waals surface area contributed by atoms with Crippen LogP contribution in [-0.2, 0) is 0 Å². The minimum Gasteiger partial charge on any atom is -0.338 e. The van der Waals surface area contributed by atoms with Gasteiger partial charge in [0, 0.05) is 19.1 Å². The van der Waals surface area contributed by atoms with Crippen molar-refractivity contribution in [2.75, 3.05) is 32.7 Å². The molecule has 23 heavy (non-hydrogen) atoms. The van der Waals surface area contributed by atoms with Gasteiger partial charge in [0.05, 0.1) is 6.54 Å². The summed E-state index contributed by atoms with van der Waals surface area (Å²) in [5.41, 5.74) is 0. The molecule has 3 aliphatic rings. The first-order chi connectivity index (χ1) is 10.9. The summed E-state index contributed by atoms with van der Waals surface area (Å²) in [4.78, 5) is 15.6. The van der Waals surface area contributed by atoms with E-state index in [1.165, 1.54) is 11.3 Å². The van der Waals surface area contributed by atoms with E-state index in [2.05, 4.69) is 5.32 Å². The highest BCUT2D eigenvalue weighted by molar-refractivity contribution is 5.75. The normalized spacial score (nSPS) is 29.3. The summed E-state index contributed by atoms with van der Waals surface area (Å²) >= 11 is 0. The predicted molar refractivity (Wildman–Crippen MR) is 81.1 cm³/mol. The molecule has 0 radical (unpaired) electrons. The monoisotopic (exact) mass is 333 g/mol. The van der Waals surface area contributed by atoms with Gasteiger partial charge in [-0.25, -0.2) is 4.79 Å². The number of nitrogens with zero attached hydrogens (tertiary/aromatic N) is 2. The van der Waals surface area contributed by atoms with E-state index in [0.717, 1.165) is 38.6 Å². The molecular weight excluding hydrogens is 307 g/mol. The molecule has 1 aliphatic carbocycles. The van der Waals surface area contributed by atoms with E-state index in [0.29, 0.717) is 37.5 Å². The molecule has 0 aromatic rings. The number of rotatable bonds is 4. The highest BCUT2D eigenvalue weighted by Crippen LogP contribution is 2.37. The van der Waals surface area contributed by atoms with Gasteiger partial charge in [-0.15, -0.1) is 0 Å². The minimum atomic E-state index is -4.10. The summed E-state index contributed by atoms with van der Waals surface area (Å²) in [5, 5.41) is 3.00. The number of piperidine rings is 2. The Labute approximate surface area is 135 Å². The van der Waals surface area contributed by atoms with Gasteiger partial charge >= 0.3 is 12.2 Å². The second-order valence-corrected chi connectivity index (χ2v) is 7.34. The second-order valence-electron chi connectivity index (χ2n) is 7.34. The maximum absolute atomic E-state index is 12.3. The highest BCUT2D eigenvalue weighted by atomic mass is 19.4. The molecule has 7 heteroatoms. The van der Waals surface area contributed by atoms with Crippen molar-refractivity contribution in [3.63, 3.8) is 0 Å². The standard InChI is InChI=1S/C16H26F3N3O/c17-16(18,19)11-21-7-4-12(5-8-21)3-6-20-15(23)22-10-13-1-2-14(22)9-13/h12-14H,1-11H2,(H,20,23)/t13-,14+/m1/s1. The molecule has 2 saturated heterocycles. The molecule has 3 fully saturated rings. The van der Waals surface area contributed by atoms with Crippen molar-refractivity contribution in [2.24, 2.45) is 11.8 Å². The van der Waals surface area contributed by atoms with Crippen molar-refractivity contribution < 1.29 is 18.0 Å². The van der Waals surface area contributed by atoms with Crippen LogP contribution < -0.4 is 5.32 Å². The molecule has 0 unspecified atom stereocenters. The van der Waals surface area contributed by atoms with Crippen LogP contribution in [0.25, 0.3) is 0 Å². The maximum Gasteiger partial charge on any atom is 0.401 e. The van der Waals surface area contributed by atoms with Gasteiger partial charge in [0.25, 0.3) is 0 Å².